The Kier molecular flexibility index (Phi) is 4.59. The fourth-order valence-electron chi connectivity index (χ4n) is 2.00. The lowest BCUT2D eigenvalue weighted by atomic mass is 10.1. The summed E-state index contributed by atoms with van der Waals surface area (Å²) in [6, 6.07) is 5.14. The molecule has 1 saturated heterocycles. The van der Waals surface area contributed by atoms with E-state index < -0.39 is 0 Å². The van der Waals surface area contributed by atoms with Gasteiger partial charge >= 0.3 is 0 Å². The van der Waals surface area contributed by atoms with Crippen LogP contribution in [0.25, 0.3) is 0 Å². The number of aldehydes is 1. The van der Waals surface area contributed by atoms with Crippen molar-refractivity contribution in [2.75, 3.05) is 20.3 Å². The molecule has 1 aliphatic heterocycles. The molecule has 0 N–H and O–H groups in total. The second-order valence-corrected chi connectivity index (χ2v) is 4.33. The number of carbonyl (C=O) groups excluding carboxylic acids is 1. The third kappa shape index (κ3) is 3.23. The van der Waals surface area contributed by atoms with Crippen LogP contribution in [0, 0.1) is 0 Å². The highest BCUT2D eigenvalue weighted by Gasteiger charge is 2.15. The standard InChI is InChI=1S/C14H18O4/c1-16-14-8-11(9-15)5-6-13(14)18-10-12-4-2-3-7-17-12/h5-6,8-9,12H,2-4,7,10H2,1H3/t12-/m0/s1. The molecule has 4 heteroatoms. The summed E-state index contributed by atoms with van der Waals surface area (Å²) >= 11 is 0. The number of hydrogen-bond acceptors (Lipinski definition) is 4. The van der Waals surface area contributed by atoms with Crippen LogP contribution >= 0.6 is 0 Å². The average molecular weight is 250 g/mol. The minimum Gasteiger partial charge on any atom is -0.493 e. The molecule has 18 heavy (non-hydrogen) atoms. The lowest BCUT2D eigenvalue weighted by molar-refractivity contribution is -0.0114. The summed E-state index contributed by atoms with van der Waals surface area (Å²) in [5.41, 5.74) is 0.577. The molecule has 1 fully saturated rings. The Balaban J connectivity index is 1.97. The Morgan fingerprint density at radius 1 is 1.39 bits per heavy atom. The molecule has 0 bridgehead atoms. The lowest BCUT2D eigenvalue weighted by Gasteiger charge is -2.23. The molecule has 1 aromatic carbocycles. The summed E-state index contributed by atoms with van der Waals surface area (Å²) in [4.78, 5) is 10.7. The van der Waals surface area contributed by atoms with Crippen LogP contribution in [-0.4, -0.2) is 32.7 Å². The van der Waals surface area contributed by atoms with E-state index in [9.17, 15) is 4.79 Å². The fraction of sp³-hybridized carbons (Fsp3) is 0.500. The quantitative estimate of drug-likeness (QED) is 0.753. The van der Waals surface area contributed by atoms with Crippen molar-refractivity contribution in [2.24, 2.45) is 0 Å². The summed E-state index contributed by atoms with van der Waals surface area (Å²) < 4.78 is 16.5. The van der Waals surface area contributed by atoms with Gasteiger partial charge in [-0.15, -0.1) is 0 Å². The predicted molar refractivity (Wildman–Crippen MR) is 67.5 cm³/mol. The van der Waals surface area contributed by atoms with Crippen LogP contribution in [0.2, 0.25) is 0 Å². The number of benzene rings is 1. The van der Waals surface area contributed by atoms with Crippen molar-refractivity contribution in [1.29, 1.82) is 0 Å². The highest BCUT2D eigenvalue weighted by molar-refractivity contribution is 5.76. The van der Waals surface area contributed by atoms with Crippen LogP contribution in [0.3, 0.4) is 0 Å². The van der Waals surface area contributed by atoms with Gasteiger partial charge in [0.15, 0.2) is 11.5 Å². The van der Waals surface area contributed by atoms with Gasteiger partial charge in [-0.25, -0.2) is 0 Å². The zero-order valence-corrected chi connectivity index (χ0v) is 10.6. The van der Waals surface area contributed by atoms with E-state index in [1.54, 1.807) is 25.3 Å². The van der Waals surface area contributed by atoms with Crippen molar-refractivity contribution in [3.63, 3.8) is 0 Å². The Morgan fingerprint density at radius 2 is 2.28 bits per heavy atom. The van der Waals surface area contributed by atoms with Gasteiger partial charge in [0.1, 0.15) is 12.9 Å². The monoisotopic (exact) mass is 250 g/mol. The van der Waals surface area contributed by atoms with E-state index in [0.29, 0.717) is 23.7 Å². The van der Waals surface area contributed by atoms with Crippen molar-refractivity contribution < 1.29 is 19.0 Å². The highest BCUT2D eigenvalue weighted by atomic mass is 16.5. The van der Waals surface area contributed by atoms with Crippen molar-refractivity contribution in [1.82, 2.24) is 0 Å². The number of carbonyl (C=O) groups is 1. The third-order valence-electron chi connectivity index (χ3n) is 3.02. The molecule has 1 aromatic rings. The van der Waals surface area contributed by atoms with Crippen LogP contribution < -0.4 is 9.47 Å². The largest absolute Gasteiger partial charge is 0.493 e. The van der Waals surface area contributed by atoms with Gasteiger partial charge in [-0.3, -0.25) is 4.79 Å². The van der Waals surface area contributed by atoms with Crippen LogP contribution in [0.15, 0.2) is 18.2 Å². The van der Waals surface area contributed by atoms with Gasteiger partial charge in [0, 0.05) is 12.2 Å². The van der Waals surface area contributed by atoms with Gasteiger partial charge in [0.05, 0.1) is 13.2 Å². The lowest BCUT2D eigenvalue weighted by Crippen LogP contribution is -2.25. The Morgan fingerprint density at radius 3 is 2.94 bits per heavy atom. The van der Waals surface area contributed by atoms with E-state index in [4.69, 9.17) is 14.2 Å². The number of methoxy groups -OCH3 is 1. The maximum absolute atomic E-state index is 10.7. The molecule has 0 aromatic heterocycles. The molecule has 0 radical (unpaired) electrons. The first-order chi connectivity index (χ1) is 8.83. The molecule has 1 heterocycles. The van der Waals surface area contributed by atoms with Gasteiger partial charge in [-0.2, -0.15) is 0 Å². The normalized spacial score (nSPS) is 19.3. The maximum Gasteiger partial charge on any atom is 0.161 e. The molecule has 1 aliphatic rings. The van der Waals surface area contributed by atoms with Crippen molar-refractivity contribution in [3.05, 3.63) is 23.8 Å². The van der Waals surface area contributed by atoms with E-state index in [2.05, 4.69) is 0 Å². The molecule has 0 saturated carbocycles. The molecule has 0 spiro atoms. The Hall–Kier alpha value is -1.55. The third-order valence-corrected chi connectivity index (χ3v) is 3.02. The first kappa shape index (κ1) is 12.9. The van der Waals surface area contributed by atoms with Gasteiger partial charge in [0.2, 0.25) is 0 Å². The average Bonchev–Trinajstić information content (AvgIpc) is 2.46. The molecular weight excluding hydrogens is 232 g/mol. The van der Waals surface area contributed by atoms with Crippen LogP contribution in [0.5, 0.6) is 11.5 Å². The second-order valence-electron chi connectivity index (χ2n) is 4.33. The van der Waals surface area contributed by atoms with Crippen molar-refractivity contribution >= 4 is 6.29 Å². The molecule has 0 aliphatic carbocycles. The predicted octanol–water partition coefficient (Wildman–Crippen LogP) is 2.46. The smallest absolute Gasteiger partial charge is 0.161 e. The first-order valence-corrected chi connectivity index (χ1v) is 6.21. The zero-order valence-electron chi connectivity index (χ0n) is 10.6. The first-order valence-electron chi connectivity index (χ1n) is 6.21. The van der Waals surface area contributed by atoms with E-state index in [1.807, 2.05) is 0 Å². The molecule has 1 atom stereocenters. The van der Waals surface area contributed by atoms with Crippen LogP contribution in [0.4, 0.5) is 0 Å². The number of hydrogen-bond donors (Lipinski definition) is 0. The number of ether oxygens (including phenoxy) is 3. The minimum absolute atomic E-state index is 0.161. The van der Waals surface area contributed by atoms with Gasteiger partial charge < -0.3 is 14.2 Å². The summed E-state index contributed by atoms with van der Waals surface area (Å²) in [6.07, 6.45) is 4.31. The SMILES string of the molecule is COc1cc(C=O)ccc1OC[C@@H]1CCCCO1. The molecule has 0 unspecified atom stereocenters. The van der Waals surface area contributed by atoms with Gasteiger partial charge in [-0.1, -0.05) is 0 Å². The maximum atomic E-state index is 10.7. The molecular formula is C14H18O4. The molecule has 0 amide bonds. The second kappa shape index (κ2) is 6.40. The van der Waals surface area contributed by atoms with E-state index >= 15 is 0 Å². The molecule has 98 valence electrons. The van der Waals surface area contributed by atoms with Crippen molar-refractivity contribution in [2.45, 2.75) is 25.4 Å². The van der Waals surface area contributed by atoms with E-state index in [1.165, 1.54) is 6.42 Å². The fourth-order valence-corrected chi connectivity index (χ4v) is 2.00. The molecule has 4 nitrogen and oxygen atoms in total. The van der Waals surface area contributed by atoms with Crippen molar-refractivity contribution in [3.8, 4) is 11.5 Å². The number of rotatable bonds is 5. The van der Waals surface area contributed by atoms with Crippen LogP contribution in [0.1, 0.15) is 29.6 Å². The highest BCUT2D eigenvalue weighted by Crippen LogP contribution is 2.28. The zero-order chi connectivity index (χ0) is 12.8. The van der Waals surface area contributed by atoms with E-state index in [0.717, 1.165) is 25.7 Å². The molecule has 2 rings (SSSR count). The summed E-state index contributed by atoms with van der Waals surface area (Å²) in [5.74, 6) is 1.23. The summed E-state index contributed by atoms with van der Waals surface area (Å²) in [7, 11) is 1.56. The van der Waals surface area contributed by atoms with E-state index in [-0.39, 0.29) is 6.10 Å². The summed E-state index contributed by atoms with van der Waals surface area (Å²) in [6.45, 7) is 1.34. The van der Waals surface area contributed by atoms with Crippen LogP contribution in [-0.2, 0) is 4.74 Å². The minimum atomic E-state index is 0.161. The van der Waals surface area contributed by atoms with Gasteiger partial charge in [-0.05, 0) is 37.5 Å². The topological polar surface area (TPSA) is 44.8 Å². The summed E-state index contributed by atoms with van der Waals surface area (Å²) in [5, 5.41) is 0. The Bertz CT molecular complexity index is 397. The Labute approximate surface area is 107 Å². The van der Waals surface area contributed by atoms with Gasteiger partial charge in [0.25, 0.3) is 0 Å².